The Labute approximate surface area is 98.1 Å². The van der Waals surface area contributed by atoms with E-state index < -0.39 is 11.8 Å². The van der Waals surface area contributed by atoms with Gasteiger partial charge in [0.05, 0.1) is 5.71 Å². The largest absolute Gasteiger partial charge is 0.508 e. The van der Waals surface area contributed by atoms with Crippen molar-refractivity contribution < 1.29 is 14.7 Å². The number of benzene rings is 1. The van der Waals surface area contributed by atoms with Gasteiger partial charge in [-0.05, 0) is 36.2 Å². The molecule has 4 N–H and O–H groups in total. The molecule has 1 aromatic rings. The monoisotopic (exact) mass is 235 g/mol. The summed E-state index contributed by atoms with van der Waals surface area (Å²) < 4.78 is 0. The van der Waals surface area contributed by atoms with Crippen molar-refractivity contribution in [3.05, 3.63) is 29.8 Å². The Morgan fingerprint density at radius 1 is 1.35 bits per heavy atom. The molecule has 0 saturated carbocycles. The van der Waals surface area contributed by atoms with Crippen LogP contribution in [0.5, 0.6) is 5.75 Å². The first-order valence-electron chi connectivity index (χ1n) is 5.00. The fourth-order valence-electron chi connectivity index (χ4n) is 1.17. The first kappa shape index (κ1) is 12.7. The Bertz CT molecular complexity index is 452. The molecule has 6 nitrogen and oxygen atoms in total. The van der Waals surface area contributed by atoms with Crippen LogP contribution in [0.3, 0.4) is 0 Å². The van der Waals surface area contributed by atoms with Gasteiger partial charge in [0.1, 0.15) is 5.75 Å². The highest BCUT2D eigenvalue weighted by Gasteiger charge is 2.08. The second kappa shape index (κ2) is 5.64. The second-order valence-corrected chi connectivity index (χ2v) is 3.26. The first-order chi connectivity index (χ1) is 8.04. The first-order valence-corrected chi connectivity index (χ1v) is 5.00. The molecule has 0 spiro atoms. The Balaban J connectivity index is 2.84. The predicted molar refractivity (Wildman–Crippen MR) is 62.3 cm³/mol. The number of carbonyl (C=O) groups excluding carboxylic acids is 2. The van der Waals surface area contributed by atoms with Crippen molar-refractivity contribution in [2.24, 2.45) is 10.8 Å². The van der Waals surface area contributed by atoms with E-state index in [1.54, 1.807) is 12.1 Å². The molecule has 0 bridgehead atoms. The topological polar surface area (TPSA) is 105 Å². The highest BCUT2D eigenvalue weighted by Crippen LogP contribution is 2.11. The van der Waals surface area contributed by atoms with Crippen LogP contribution in [0, 0.1) is 0 Å². The summed E-state index contributed by atoms with van der Waals surface area (Å²) in [6, 6.07) is 6.34. The van der Waals surface area contributed by atoms with Gasteiger partial charge in [0.2, 0.25) is 0 Å². The number of phenols is 1. The van der Waals surface area contributed by atoms with Gasteiger partial charge >= 0.3 is 11.8 Å². The summed E-state index contributed by atoms with van der Waals surface area (Å²) in [5, 5.41) is 12.9. The Hall–Kier alpha value is -2.37. The summed E-state index contributed by atoms with van der Waals surface area (Å²) in [6.07, 6.45) is 0.559. The van der Waals surface area contributed by atoms with E-state index in [4.69, 9.17) is 10.8 Å². The molecule has 90 valence electrons. The Kier molecular flexibility index (Phi) is 4.21. The lowest BCUT2D eigenvalue weighted by atomic mass is 10.1. The number of primary amides is 1. The van der Waals surface area contributed by atoms with E-state index in [1.165, 1.54) is 12.1 Å². The molecule has 2 amide bonds. The van der Waals surface area contributed by atoms with Crippen LogP contribution < -0.4 is 11.2 Å². The molecule has 0 saturated heterocycles. The number of carbonyl (C=O) groups is 2. The predicted octanol–water partition coefficient (Wildman–Crippen LogP) is 0.108. The number of hydrogen-bond donors (Lipinski definition) is 3. The summed E-state index contributed by atoms with van der Waals surface area (Å²) in [5.74, 6) is -1.91. The average Bonchev–Trinajstić information content (AvgIpc) is 2.31. The third kappa shape index (κ3) is 3.60. The summed E-state index contributed by atoms with van der Waals surface area (Å²) in [6.45, 7) is 1.85. The number of rotatable bonds is 3. The normalized spacial score (nSPS) is 11.0. The minimum absolute atomic E-state index is 0.144. The quantitative estimate of drug-likeness (QED) is 0.393. The van der Waals surface area contributed by atoms with E-state index in [9.17, 15) is 9.59 Å². The Morgan fingerprint density at radius 2 is 1.94 bits per heavy atom. The van der Waals surface area contributed by atoms with Gasteiger partial charge in [0, 0.05) is 0 Å². The highest BCUT2D eigenvalue weighted by molar-refractivity contribution is 6.34. The van der Waals surface area contributed by atoms with Crippen LogP contribution >= 0.6 is 0 Å². The van der Waals surface area contributed by atoms with Gasteiger partial charge in [-0.25, -0.2) is 5.43 Å². The molecule has 1 rings (SSSR count). The number of nitrogens with two attached hydrogens (primary N) is 1. The minimum Gasteiger partial charge on any atom is -0.508 e. The maximum Gasteiger partial charge on any atom is 0.329 e. The van der Waals surface area contributed by atoms with Gasteiger partial charge in [-0.15, -0.1) is 0 Å². The lowest BCUT2D eigenvalue weighted by Gasteiger charge is -2.04. The van der Waals surface area contributed by atoms with E-state index >= 15 is 0 Å². The van der Waals surface area contributed by atoms with Crippen LogP contribution in [-0.4, -0.2) is 22.6 Å². The maximum absolute atomic E-state index is 10.9. The smallest absolute Gasteiger partial charge is 0.329 e. The van der Waals surface area contributed by atoms with Crippen LogP contribution in [0.1, 0.15) is 18.9 Å². The second-order valence-electron chi connectivity index (χ2n) is 3.26. The molecule has 0 atom stereocenters. The molecule has 0 unspecified atom stereocenters. The van der Waals surface area contributed by atoms with Crippen molar-refractivity contribution in [3.63, 3.8) is 0 Å². The van der Waals surface area contributed by atoms with Crippen molar-refractivity contribution >= 4 is 17.5 Å². The number of amides is 2. The SMILES string of the molecule is CC/C(=N\NC(=O)C(N)=O)c1ccc(O)cc1. The van der Waals surface area contributed by atoms with Gasteiger partial charge < -0.3 is 10.8 Å². The number of hydrogen-bond acceptors (Lipinski definition) is 4. The molecule has 0 heterocycles. The van der Waals surface area contributed by atoms with E-state index in [0.717, 1.165) is 5.56 Å². The molecule has 0 aliphatic rings. The molecule has 0 fully saturated rings. The van der Waals surface area contributed by atoms with Crippen molar-refractivity contribution in [3.8, 4) is 5.75 Å². The molecule has 6 heteroatoms. The Morgan fingerprint density at radius 3 is 2.41 bits per heavy atom. The zero-order valence-electron chi connectivity index (χ0n) is 9.30. The van der Waals surface area contributed by atoms with Gasteiger partial charge in [-0.2, -0.15) is 5.10 Å². The van der Waals surface area contributed by atoms with E-state index in [2.05, 4.69) is 10.5 Å². The van der Waals surface area contributed by atoms with Crippen molar-refractivity contribution in [2.45, 2.75) is 13.3 Å². The number of nitrogens with one attached hydrogen (secondary N) is 1. The molecule has 0 radical (unpaired) electrons. The zero-order valence-corrected chi connectivity index (χ0v) is 9.30. The van der Waals surface area contributed by atoms with E-state index in [1.807, 2.05) is 6.92 Å². The van der Waals surface area contributed by atoms with Crippen molar-refractivity contribution in [1.82, 2.24) is 5.43 Å². The molecular weight excluding hydrogens is 222 g/mol. The van der Waals surface area contributed by atoms with Crippen LogP contribution in [0.25, 0.3) is 0 Å². The fourth-order valence-corrected chi connectivity index (χ4v) is 1.17. The lowest BCUT2D eigenvalue weighted by Crippen LogP contribution is -2.33. The number of aromatic hydroxyl groups is 1. The summed E-state index contributed by atoms with van der Waals surface area (Å²) in [7, 11) is 0. The van der Waals surface area contributed by atoms with Crippen molar-refractivity contribution in [1.29, 1.82) is 0 Å². The van der Waals surface area contributed by atoms with E-state index in [-0.39, 0.29) is 5.75 Å². The standard InChI is InChI=1S/C11H13N3O3/c1-2-9(13-14-11(17)10(12)16)7-3-5-8(15)6-4-7/h3-6,15H,2H2,1H3,(H2,12,16)(H,14,17)/b13-9+. The van der Waals surface area contributed by atoms with Crippen molar-refractivity contribution in [2.75, 3.05) is 0 Å². The van der Waals surface area contributed by atoms with Gasteiger partial charge in [0.25, 0.3) is 0 Å². The highest BCUT2D eigenvalue weighted by atomic mass is 16.3. The molecule has 1 aromatic carbocycles. The number of hydrazone groups is 1. The molecule has 0 aliphatic carbocycles. The summed E-state index contributed by atoms with van der Waals surface area (Å²) in [4.78, 5) is 21.4. The van der Waals surface area contributed by atoms with Crippen LogP contribution in [0.4, 0.5) is 0 Å². The number of phenolic OH excluding ortho intramolecular Hbond substituents is 1. The summed E-state index contributed by atoms with van der Waals surface area (Å²) in [5.41, 5.74) is 8.16. The third-order valence-electron chi connectivity index (χ3n) is 2.05. The van der Waals surface area contributed by atoms with Crippen LogP contribution in [-0.2, 0) is 9.59 Å². The lowest BCUT2D eigenvalue weighted by molar-refractivity contribution is -0.137. The molecule has 0 aliphatic heterocycles. The summed E-state index contributed by atoms with van der Waals surface area (Å²) >= 11 is 0. The van der Waals surface area contributed by atoms with Gasteiger partial charge in [0.15, 0.2) is 0 Å². The molecule has 0 aromatic heterocycles. The average molecular weight is 235 g/mol. The maximum atomic E-state index is 10.9. The van der Waals surface area contributed by atoms with Crippen LogP contribution in [0.2, 0.25) is 0 Å². The van der Waals surface area contributed by atoms with Gasteiger partial charge in [-0.3, -0.25) is 9.59 Å². The minimum atomic E-state index is -1.09. The number of nitrogens with zero attached hydrogens (tertiary/aromatic N) is 1. The molecule has 17 heavy (non-hydrogen) atoms. The van der Waals surface area contributed by atoms with E-state index in [0.29, 0.717) is 12.1 Å². The zero-order chi connectivity index (χ0) is 12.8. The van der Waals surface area contributed by atoms with Crippen LogP contribution in [0.15, 0.2) is 29.4 Å². The van der Waals surface area contributed by atoms with Gasteiger partial charge in [-0.1, -0.05) is 6.92 Å². The third-order valence-corrected chi connectivity index (χ3v) is 2.05. The molecular formula is C11H13N3O3. The fraction of sp³-hybridized carbons (Fsp3) is 0.182.